The van der Waals surface area contributed by atoms with E-state index in [0.29, 0.717) is 12.8 Å². The fraction of sp³-hybridized carbons (Fsp3) is 0.788. The van der Waals surface area contributed by atoms with Crippen LogP contribution in [0, 0.1) is 0 Å². The smallest absolute Gasteiger partial charge is 0.306 e. The molecule has 1 amide bonds. The maximum absolute atomic E-state index is 13.4. The third-order valence-electron chi connectivity index (χ3n) is 14.6. The Morgan fingerprint density at radius 3 is 1.38 bits per heavy atom. The van der Waals surface area contributed by atoms with Crippen LogP contribution in [0.3, 0.4) is 0 Å². The van der Waals surface area contributed by atoms with Crippen molar-refractivity contribution in [3.8, 4) is 0 Å². The van der Waals surface area contributed by atoms with E-state index in [2.05, 4.69) is 86.8 Å². The molecule has 1 rings (SSSR count). The molecule has 0 bridgehead atoms. The van der Waals surface area contributed by atoms with Crippen molar-refractivity contribution in [3.05, 3.63) is 72.9 Å². The van der Waals surface area contributed by atoms with Crippen molar-refractivity contribution in [1.29, 1.82) is 0 Å². The van der Waals surface area contributed by atoms with Gasteiger partial charge in [-0.1, -0.05) is 241 Å². The fourth-order valence-corrected chi connectivity index (χ4v) is 9.51. The number of ether oxygens (including phenoxy) is 3. The molecule has 8 atom stereocenters. The molecule has 0 saturated carbocycles. The van der Waals surface area contributed by atoms with Gasteiger partial charge in [0.05, 0.1) is 25.4 Å². The van der Waals surface area contributed by atoms with E-state index in [9.17, 15) is 35.1 Å². The summed E-state index contributed by atoms with van der Waals surface area (Å²) in [7, 11) is 0. The number of nitrogens with one attached hydrogen (secondary N) is 1. The van der Waals surface area contributed by atoms with Crippen LogP contribution in [0.1, 0.15) is 271 Å². The number of esters is 1. The van der Waals surface area contributed by atoms with Gasteiger partial charge in [-0.05, 0) is 96.3 Å². The van der Waals surface area contributed by atoms with E-state index in [1.54, 1.807) is 6.08 Å². The first-order chi connectivity index (χ1) is 37.7. The maximum Gasteiger partial charge on any atom is 0.306 e. The fourth-order valence-electron chi connectivity index (χ4n) is 9.51. The quantitative estimate of drug-likeness (QED) is 0.0195. The number of amides is 1. The van der Waals surface area contributed by atoms with Gasteiger partial charge in [0, 0.05) is 6.42 Å². The zero-order chi connectivity index (χ0) is 56.1. The normalized spacial score (nSPS) is 19.5. The van der Waals surface area contributed by atoms with Crippen molar-refractivity contribution < 1.29 is 49.3 Å². The Kier molecular flexibility index (Phi) is 50.3. The van der Waals surface area contributed by atoms with E-state index in [1.807, 2.05) is 6.08 Å². The van der Waals surface area contributed by atoms with Crippen LogP contribution in [0.2, 0.25) is 0 Å². The third-order valence-corrected chi connectivity index (χ3v) is 14.6. The molecule has 11 heteroatoms. The van der Waals surface area contributed by atoms with Crippen LogP contribution >= 0.6 is 0 Å². The minimum atomic E-state index is -1.63. The van der Waals surface area contributed by atoms with Crippen molar-refractivity contribution in [3.63, 3.8) is 0 Å². The second-order valence-corrected chi connectivity index (χ2v) is 21.8. The molecule has 0 aliphatic carbocycles. The number of carbonyl (C=O) groups excluding carboxylic acids is 2. The molecule has 11 nitrogen and oxygen atoms in total. The van der Waals surface area contributed by atoms with Crippen molar-refractivity contribution in [2.45, 2.75) is 320 Å². The van der Waals surface area contributed by atoms with Gasteiger partial charge >= 0.3 is 5.97 Å². The number of carbonyl (C=O) groups is 2. The molecule has 1 saturated heterocycles. The molecule has 1 aliphatic rings. The van der Waals surface area contributed by atoms with E-state index in [4.69, 9.17) is 14.2 Å². The summed E-state index contributed by atoms with van der Waals surface area (Å²) in [4.78, 5) is 26.6. The summed E-state index contributed by atoms with van der Waals surface area (Å²) in [6.45, 7) is 5.74. The molecule has 446 valence electrons. The first-order valence-corrected chi connectivity index (χ1v) is 31.7. The van der Waals surface area contributed by atoms with E-state index in [0.717, 1.165) is 89.9 Å². The van der Waals surface area contributed by atoms with Gasteiger partial charge in [0.2, 0.25) is 5.91 Å². The lowest BCUT2D eigenvalue weighted by Gasteiger charge is -2.41. The lowest BCUT2D eigenvalue weighted by atomic mass is 9.99. The second kappa shape index (κ2) is 53.7. The standard InChI is InChI=1S/C66H117NO10/c1-4-7-10-13-16-19-22-25-27-29-30-31-33-36-39-42-45-48-51-54-61(71)77-64-63(73)62(72)60(55-68)76-66(64)75-56-57(58(69)52-49-46-43-40-37-34-24-21-18-15-12-9-6-3)67-65(74)59(70)53-50-47-44-41-38-35-32-28-26-23-20-17-14-11-8-5-2/h16,19,25-28,30-31,36,39,49,52,57-60,62-64,66,68-70,72-73H,4-15,17-18,20-24,29,32-35,37-38,40-48,50-51,53-56H2,1-3H3,(H,67,74)/b19-16-,27-25-,28-26+,31-30-,39-36-,52-49+. The molecule has 0 spiro atoms. The van der Waals surface area contributed by atoms with Crippen LogP contribution < -0.4 is 5.32 Å². The molecule has 77 heavy (non-hydrogen) atoms. The number of hydrogen-bond donors (Lipinski definition) is 6. The molecule has 0 aromatic carbocycles. The van der Waals surface area contributed by atoms with Crippen molar-refractivity contribution in [2.75, 3.05) is 13.2 Å². The Hall–Kier alpha value is -2.90. The summed E-state index contributed by atoms with van der Waals surface area (Å²) in [5, 5.41) is 57.0. The molecule has 6 N–H and O–H groups in total. The van der Waals surface area contributed by atoms with Crippen LogP contribution in [-0.4, -0.2) is 99.6 Å². The molecule has 0 aromatic rings. The first kappa shape index (κ1) is 72.1. The monoisotopic (exact) mass is 1080 g/mol. The van der Waals surface area contributed by atoms with E-state index in [-0.39, 0.29) is 19.4 Å². The highest BCUT2D eigenvalue weighted by molar-refractivity contribution is 5.80. The summed E-state index contributed by atoms with van der Waals surface area (Å²) < 4.78 is 17.6. The van der Waals surface area contributed by atoms with E-state index < -0.39 is 67.4 Å². The number of unbranched alkanes of at least 4 members (excludes halogenated alkanes) is 29. The van der Waals surface area contributed by atoms with Gasteiger partial charge in [-0.15, -0.1) is 0 Å². The zero-order valence-electron chi connectivity index (χ0n) is 49.3. The van der Waals surface area contributed by atoms with Crippen molar-refractivity contribution >= 4 is 11.9 Å². The van der Waals surface area contributed by atoms with E-state index in [1.165, 1.54) is 135 Å². The number of aliphatic hydroxyl groups is 5. The third kappa shape index (κ3) is 41.7. The first-order valence-electron chi connectivity index (χ1n) is 31.7. The molecule has 0 aromatic heterocycles. The Labute approximate surface area is 471 Å². The maximum atomic E-state index is 13.4. The summed E-state index contributed by atoms with van der Waals surface area (Å²) in [5.74, 6) is -1.23. The predicted molar refractivity (Wildman–Crippen MR) is 319 cm³/mol. The number of allylic oxidation sites excluding steroid dienone is 11. The van der Waals surface area contributed by atoms with Gasteiger partial charge in [-0.2, -0.15) is 0 Å². The Morgan fingerprint density at radius 2 is 0.896 bits per heavy atom. The van der Waals surface area contributed by atoms with Gasteiger partial charge in [-0.3, -0.25) is 9.59 Å². The van der Waals surface area contributed by atoms with Crippen LogP contribution in [0.25, 0.3) is 0 Å². The van der Waals surface area contributed by atoms with Gasteiger partial charge in [0.25, 0.3) is 0 Å². The van der Waals surface area contributed by atoms with Crippen LogP contribution in [0.5, 0.6) is 0 Å². The van der Waals surface area contributed by atoms with E-state index >= 15 is 0 Å². The lowest BCUT2D eigenvalue weighted by Crippen LogP contribution is -2.61. The molecule has 1 fully saturated rings. The Morgan fingerprint density at radius 1 is 0.506 bits per heavy atom. The topological polar surface area (TPSA) is 175 Å². The van der Waals surface area contributed by atoms with Gasteiger partial charge < -0.3 is 45.1 Å². The van der Waals surface area contributed by atoms with Crippen LogP contribution in [0.4, 0.5) is 0 Å². The van der Waals surface area contributed by atoms with Gasteiger partial charge in [0.1, 0.15) is 24.4 Å². The highest BCUT2D eigenvalue weighted by Crippen LogP contribution is 2.26. The Bertz CT molecular complexity index is 1530. The van der Waals surface area contributed by atoms with Crippen molar-refractivity contribution in [2.24, 2.45) is 0 Å². The molecular formula is C66H117NO10. The number of hydrogen-bond acceptors (Lipinski definition) is 10. The largest absolute Gasteiger partial charge is 0.454 e. The van der Waals surface area contributed by atoms with Crippen molar-refractivity contribution in [1.82, 2.24) is 5.32 Å². The summed E-state index contributed by atoms with van der Waals surface area (Å²) in [6.07, 6.45) is 57.9. The minimum Gasteiger partial charge on any atom is -0.454 e. The summed E-state index contributed by atoms with van der Waals surface area (Å²) in [6, 6.07) is -1.04. The minimum absolute atomic E-state index is 0.0836. The summed E-state index contributed by atoms with van der Waals surface area (Å²) in [5.41, 5.74) is 0. The average molecular weight is 1080 g/mol. The van der Waals surface area contributed by atoms with Crippen LogP contribution in [0.15, 0.2) is 72.9 Å². The molecule has 8 unspecified atom stereocenters. The highest BCUT2D eigenvalue weighted by atomic mass is 16.7. The molecular weight excluding hydrogens is 967 g/mol. The molecule has 1 heterocycles. The highest BCUT2D eigenvalue weighted by Gasteiger charge is 2.47. The molecule has 0 radical (unpaired) electrons. The van der Waals surface area contributed by atoms with Gasteiger partial charge in [0.15, 0.2) is 12.4 Å². The number of aliphatic hydroxyl groups excluding tert-OH is 5. The second-order valence-electron chi connectivity index (χ2n) is 21.8. The zero-order valence-corrected chi connectivity index (χ0v) is 49.3. The predicted octanol–water partition coefficient (Wildman–Crippen LogP) is 15.2. The lowest BCUT2D eigenvalue weighted by molar-refractivity contribution is -0.305. The molecule has 1 aliphatic heterocycles. The van der Waals surface area contributed by atoms with Crippen LogP contribution in [-0.2, 0) is 23.8 Å². The Balaban J connectivity index is 2.72. The SMILES string of the molecule is CCCCC/C=C\C/C=C\C/C=C\C/C=C\CCCCCC(=O)OC1C(OCC(NC(=O)C(O)CCCCCCCC/C=C/CCCCCCCC)C(O)/C=C/CCCCCCCCCCCCC)OC(CO)C(O)C1O. The van der Waals surface area contributed by atoms with Gasteiger partial charge in [-0.25, -0.2) is 0 Å². The number of rotatable bonds is 53. The summed E-state index contributed by atoms with van der Waals surface area (Å²) >= 11 is 0. The average Bonchev–Trinajstić information content (AvgIpc) is 3.43.